The van der Waals surface area contributed by atoms with Crippen LogP contribution < -0.4 is 4.74 Å². The number of para-hydroxylation sites is 2. The van der Waals surface area contributed by atoms with Gasteiger partial charge in [-0.05, 0) is 94.7 Å². The fraction of sp³-hybridized carbons (Fsp3) is 0.184. The first kappa shape index (κ1) is 31.0. The molecule has 2 atom stereocenters. The van der Waals surface area contributed by atoms with Gasteiger partial charge in [0.1, 0.15) is 11.5 Å². The van der Waals surface area contributed by atoms with E-state index in [1.165, 1.54) is 44.6 Å². The summed E-state index contributed by atoms with van der Waals surface area (Å²) >= 11 is 0. The van der Waals surface area contributed by atoms with E-state index >= 15 is 0 Å². The summed E-state index contributed by atoms with van der Waals surface area (Å²) in [6.45, 7) is 4.69. The van der Waals surface area contributed by atoms with Gasteiger partial charge in [-0.25, -0.2) is 9.97 Å². The molecule has 5 aromatic rings. The van der Waals surface area contributed by atoms with Crippen molar-refractivity contribution in [2.45, 2.75) is 44.9 Å². The standard InChI is InChI=1S/C49H40N2O/c1-31-24-26-36-37-27-25-32(2)29-43(37)49(42(36)28-31)40-21-11-12-23-46(40)52-47-39(20-13-22-41(47)49)48-50-44(34-16-7-4-8-17-34)30-45(51-48)38-19-10-9-18-35(38)33-14-5-3-6-15-33/h3-7,9-16,18-27,30-32H,8,17,28-29H2,1-2H3. The van der Waals surface area contributed by atoms with Crippen molar-refractivity contribution in [3.63, 3.8) is 0 Å². The van der Waals surface area contributed by atoms with E-state index < -0.39 is 5.41 Å². The Morgan fingerprint density at radius 1 is 0.654 bits per heavy atom. The van der Waals surface area contributed by atoms with Gasteiger partial charge < -0.3 is 4.74 Å². The highest BCUT2D eigenvalue weighted by Gasteiger charge is 2.54. The zero-order chi connectivity index (χ0) is 34.8. The average Bonchev–Trinajstić information content (AvgIpc) is 3.47. The van der Waals surface area contributed by atoms with E-state index in [9.17, 15) is 0 Å². The zero-order valence-electron chi connectivity index (χ0n) is 29.6. The van der Waals surface area contributed by atoms with Crippen molar-refractivity contribution >= 4 is 5.57 Å². The van der Waals surface area contributed by atoms with Gasteiger partial charge in [-0.2, -0.15) is 0 Å². The van der Waals surface area contributed by atoms with Crippen LogP contribution in [-0.4, -0.2) is 9.97 Å². The molecular formula is C49H40N2O. The summed E-state index contributed by atoms with van der Waals surface area (Å²) in [7, 11) is 0. The molecular weight excluding hydrogens is 633 g/mol. The first-order chi connectivity index (χ1) is 25.6. The molecule has 252 valence electrons. The second kappa shape index (κ2) is 12.2. The number of rotatable bonds is 4. The van der Waals surface area contributed by atoms with Gasteiger partial charge in [-0.3, -0.25) is 0 Å². The van der Waals surface area contributed by atoms with Crippen LogP contribution in [0.5, 0.6) is 11.5 Å². The van der Waals surface area contributed by atoms with Crippen molar-refractivity contribution < 1.29 is 4.74 Å². The summed E-state index contributed by atoms with van der Waals surface area (Å²) in [5.74, 6) is 3.36. The third-order valence-corrected chi connectivity index (χ3v) is 11.6. The van der Waals surface area contributed by atoms with Gasteiger partial charge in [-0.15, -0.1) is 0 Å². The van der Waals surface area contributed by atoms with Gasteiger partial charge in [0, 0.05) is 16.7 Å². The molecule has 0 bridgehead atoms. The highest BCUT2D eigenvalue weighted by molar-refractivity contribution is 5.86. The van der Waals surface area contributed by atoms with Crippen molar-refractivity contribution in [3.05, 3.63) is 185 Å². The molecule has 3 heteroatoms. The molecule has 0 radical (unpaired) electrons. The lowest BCUT2D eigenvalue weighted by atomic mass is 9.61. The van der Waals surface area contributed by atoms with E-state index in [1.807, 2.05) is 0 Å². The van der Waals surface area contributed by atoms with E-state index in [2.05, 4.69) is 160 Å². The van der Waals surface area contributed by atoms with Crippen molar-refractivity contribution in [2.75, 3.05) is 0 Å². The van der Waals surface area contributed by atoms with Crippen LogP contribution in [0.25, 0.3) is 39.3 Å². The molecule has 2 heterocycles. The number of hydrogen-bond donors (Lipinski definition) is 0. The molecule has 52 heavy (non-hydrogen) atoms. The monoisotopic (exact) mass is 672 g/mol. The lowest BCUT2D eigenvalue weighted by Crippen LogP contribution is -2.36. The first-order valence-corrected chi connectivity index (χ1v) is 18.7. The Morgan fingerprint density at radius 2 is 1.31 bits per heavy atom. The van der Waals surface area contributed by atoms with Crippen LogP contribution in [-0.2, 0) is 5.41 Å². The molecule has 1 aromatic heterocycles. The number of benzene rings is 4. The minimum Gasteiger partial charge on any atom is -0.456 e. The number of fused-ring (bicyclic) bond motifs is 7. The molecule has 0 saturated heterocycles. The van der Waals surface area contributed by atoms with E-state index in [1.54, 1.807) is 0 Å². The predicted octanol–water partition coefficient (Wildman–Crippen LogP) is 12.4. The van der Waals surface area contributed by atoms with Gasteiger partial charge in [0.15, 0.2) is 5.82 Å². The number of nitrogens with zero attached hydrogens (tertiary/aromatic N) is 2. The average molecular weight is 673 g/mol. The molecule has 1 spiro atoms. The van der Waals surface area contributed by atoms with Crippen LogP contribution in [0, 0.1) is 11.8 Å². The minimum atomic E-state index is -0.417. The summed E-state index contributed by atoms with van der Waals surface area (Å²) in [4.78, 5) is 10.8. The molecule has 0 amide bonds. The van der Waals surface area contributed by atoms with Crippen molar-refractivity contribution in [2.24, 2.45) is 11.8 Å². The fourth-order valence-electron chi connectivity index (χ4n) is 9.27. The Morgan fingerprint density at radius 3 is 2.06 bits per heavy atom. The molecule has 4 aliphatic carbocycles. The van der Waals surface area contributed by atoms with Crippen molar-refractivity contribution in [3.8, 4) is 45.3 Å². The maximum atomic E-state index is 7.10. The Balaban J connectivity index is 1.24. The van der Waals surface area contributed by atoms with E-state index in [0.29, 0.717) is 17.7 Å². The predicted molar refractivity (Wildman–Crippen MR) is 212 cm³/mol. The topological polar surface area (TPSA) is 35.0 Å². The van der Waals surface area contributed by atoms with Crippen LogP contribution in [0.1, 0.15) is 56.4 Å². The smallest absolute Gasteiger partial charge is 0.164 e. The molecule has 2 unspecified atom stereocenters. The maximum absolute atomic E-state index is 7.10. The van der Waals surface area contributed by atoms with Gasteiger partial charge in [0.25, 0.3) is 0 Å². The number of allylic oxidation sites excluding steroid dienone is 12. The fourth-order valence-corrected chi connectivity index (χ4v) is 9.27. The van der Waals surface area contributed by atoms with Gasteiger partial charge in [0.05, 0.1) is 22.4 Å². The molecule has 1 aliphatic heterocycles. The number of ether oxygens (including phenoxy) is 1. The molecule has 4 aromatic carbocycles. The molecule has 0 fully saturated rings. The van der Waals surface area contributed by atoms with Gasteiger partial charge in [0.2, 0.25) is 0 Å². The van der Waals surface area contributed by atoms with E-state index in [4.69, 9.17) is 14.7 Å². The summed E-state index contributed by atoms with van der Waals surface area (Å²) < 4.78 is 7.10. The summed E-state index contributed by atoms with van der Waals surface area (Å²) in [6, 6.07) is 36.8. The first-order valence-electron chi connectivity index (χ1n) is 18.7. The third kappa shape index (κ3) is 4.72. The number of hydrogen-bond acceptors (Lipinski definition) is 3. The Kier molecular flexibility index (Phi) is 7.25. The molecule has 0 saturated carbocycles. The lowest BCUT2D eigenvalue weighted by molar-refractivity contribution is 0.421. The lowest BCUT2D eigenvalue weighted by Gasteiger charge is -2.44. The van der Waals surface area contributed by atoms with Gasteiger partial charge in [-0.1, -0.05) is 141 Å². The van der Waals surface area contributed by atoms with Crippen LogP contribution in [0.3, 0.4) is 0 Å². The minimum absolute atomic E-state index is 0.417. The third-order valence-electron chi connectivity index (χ3n) is 11.6. The molecule has 0 N–H and O–H groups in total. The Hall–Kier alpha value is -5.80. The van der Waals surface area contributed by atoms with E-state index in [0.717, 1.165) is 65.3 Å². The largest absolute Gasteiger partial charge is 0.456 e. The SMILES string of the molecule is CC1C=CC2=C(C1)C1(C3=C2C=CC(C)C3)c2ccccc2Oc2c(-c3nc(C4=CC=CCC4)cc(-c4ccccc4-c4ccccc4)n3)cccc21. The van der Waals surface area contributed by atoms with Crippen LogP contribution >= 0.6 is 0 Å². The Labute approximate surface area is 306 Å². The molecule has 3 nitrogen and oxygen atoms in total. The zero-order valence-corrected chi connectivity index (χ0v) is 29.6. The normalized spacial score (nSPS) is 22.5. The molecule has 5 aliphatic rings. The van der Waals surface area contributed by atoms with Crippen molar-refractivity contribution in [1.29, 1.82) is 0 Å². The van der Waals surface area contributed by atoms with E-state index in [-0.39, 0.29) is 0 Å². The highest BCUT2D eigenvalue weighted by Crippen LogP contribution is 2.65. The maximum Gasteiger partial charge on any atom is 0.164 e. The second-order valence-electron chi connectivity index (χ2n) is 14.9. The quantitative estimate of drug-likeness (QED) is 0.191. The summed E-state index contributed by atoms with van der Waals surface area (Å²) in [6.07, 6.45) is 20.1. The number of aromatic nitrogens is 2. The van der Waals surface area contributed by atoms with Crippen molar-refractivity contribution in [1.82, 2.24) is 9.97 Å². The van der Waals surface area contributed by atoms with Crippen LogP contribution in [0.15, 0.2) is 168 Å². The summed E-state index contributed by atoms with van der Waals surface area (Å²) in [5.41, 5.74) is 15.2. The van der Waals surface area contributed by atoms with Gasteiger partial charge >= 0.3 is 0 Å². The second-order valence-corrected chi connectivity index (χ2v) is 14.9. The highest BCUT2D eigenvalue weighted by atomic mass is 16.5. The van der Waals surface area contributed by atoms with Crippen LogP contribution in [0.2, 0.25) is 0 Å². The summed E-state index contributed by atoms with van der Waals surface area (Å²) in [5, 5.41) is 0. The molecule has 10 rings (SSSR count). The Bertz CT molecular complexity index is 2430. The van der Waals surface area contributed by atoms with Crippen LogP contribution in [0.4, 0.5) is 0 Å².